The van der Waals surface area contributed by atoms with Crippen LogP contribution in [0.3, 0.4) is 0 Å². The minimum atomic E-state index is -0.730. The Balaban J connectivity index is 2.12. The summed E-state index contributed by atoms with van der Waals surface area (Å²) in [5, 5.41) is 12.4. The standard InChI is InChI=1S/C12H16ClNO2/c13-11-6-2-1-5-10(11)9-14-8-4-3-7-12(15)16/h1-2,5-6,14H,3-4,7-9H2,(H,15,16). The van der Waals surface area contributed by atoms with Gasteiger partial charge in [-0.15, -0.1) is 0 Å². The lowest BCUT2D eigenvalue weighted by Gasteiger charge is -2.05. The van der Waals surface area contributed by atoms with Crippen LogP contribution in [0.15, 0.2) is 24.3 Å². The van der Waals surface area contributed by atoms with E-state index in [2.05, 4.69) is 5.32 Å². The average Bonchev–Trinajstić information content (AvgIpc) is 2.25. The Kier molecular flexibility index (Phi) is 5.90. The molecule has 0 bridgehead atoms. The first-order valence-corrected chi connectivity index (χ1v) is 5.74. The Hall–Kier alpha value is -1.06. The highest BCUT2D eigenvalue weighted by molar-refractivity contribution is 6.31. The SMILES string of the molecule is O=C(O)CCCCNCc1ccccc1Cl. The molecule has 0 fully saturated rings. The Morgan fingerprint density at radius 1 is 1.31 bits per heavy atom. The van der Waals surface area contributed by atoms with Crippen LogP contribution < -0.4 is 5.32 Å². The van der Waals surface area contributed by atoms with Gasteiger partial charge in [0.05, 0.1) is 0 Å². The molecule has 0 aliphatic rings. The molecular formula is C12H16ClNO2. The lowest BCUT2D eigenvalue weighted by Crippen LogP contribution is -2.15. The molecule has 1 aromatic rings. The minimum absolute atomic E-state index is 0.244. The van der Waals surface area contributed by atoms with Crippen molar-refractivity contribution in [3.8, 4) is 0 Å². The second-order valence-corrected chi connectivity index (χ2v) is 4.03. The van der Waals surface area contributed by atoms with E-state index in [-0.39, 0.29) is 6.42 Å². The van der Waals surface area contributed by atoms with Gasteiger partial charge in [-0.1, -0.05) is 29.8 Å². The summed E-state index contributed by atoms with van der Waals surface area (Å²) in [6.07, 6.45) is 1.83. The smallest absolute Gasteiger partial charge is 0.303 e. The molecule has 0 saturated carbocycles. The van der Waals surface area contributed by atoms with E-state index in [1.54, 1.807) is 0 Å². The molecule has 0 amide bonds. The molecule has 0 aromatic heterocycles. The van der Waals surface area contributed by atoms with Crippen LogP contribution in [-0.4, -0.2) is 17.6 Å². The molecule has 2 N–H and O–H groups in total. The maximum Gasteiger partial charge on any atom is 0.303 e. The molecule has 0 saturated heterocycles. The van der Waals surface area contributed by atoms with Gasteiger partial charge in [0.15, 0.2) is 0 Å². The van der Waals surface area contributed by atoms with Crippen molar-refractivity contribution in [2.75, 3.05) is 6.54 Å². The summed E-state index contributed by atoms with van der Waals surface area (Å²) < 4.78 is 0. The Morgan fingerprint density at radius 2 is 2.06 bits per heavy atom. The summed E-state index contributed by atoms with van der Waals surface area (Å²) in [6.45, 7) is 1.55. The molecule has 1 rings (SSSR count). The van der Waals surface area contributed by atoms with E-state index in [1.807, 2.05) is 24.3 Å². The number of aliphatic carboxylic acids is 1. The molecule has 0 unspecified atom stereocenters. The summed E-state index contributed by atoms with van der Waals surface area (Å²) in [4.78, 5) is 10.3. The number of rotatable bonds is 7. The van der Waals surface area contributed by atoms with E-state index in [9.17, 15) is 4.79 Å². The topological polar surface area (TPSA) is 49.3 Å². The van der Waals surface area contributed by atoms with Gasteiger partial charge in [-0.3, -0.25) is 4.79 Å². The fourth-order valence-electron chi connectivity index (χ4n) is 1.39. The molecule has 0 radical (unpaired) electrons. The van der Waals surface area contributed by atoms with Crippen molar-refractivity contribution >= 4 is 17.6 Å². The van der Waals surface area contributed by atoms with Gasteiger partial charge in [-0.05, 0) is 31.0 Å². The summed E-state index contributed by atoms with van der Waals surface area (Å²) in [5.74, 6) is -0.730. The molecule has 0 atom stereocenters. The molecule has 0 heterocycles. The largest absolute Gasteiger partial charge is 0.481 e. The molecule has 1 aromatic carbocycles. The van der Waals surface area contributed by atoms with Gasteiger partial charge >= 0.3 is 5.97 Å². The van der Waals surface area contributed by atoms with Crippen molar-refractivity contribution in [1.82, 2.24) is 5.32 Å². The first kappa shape index (κ1) is 13.0. The number of carbonyl (C=O) groups is 1. The first-order valence-electron chi connectivity index (χ1n) is 5.36. The van der Waals surface area contributed by atoms with Crippen LogP contribution in [0, 0.1) is 0 Å². The molecular weight excluding hydrogens is 226 g/mol. The normalized spacial score (nSPS) is 10.3. The predicted octanol–water partition coefficient (Wildman–Crippen LogP) is 2.68. The van der Waals surface area contributed by atoms with Crippen LogP contribution >= 0.6 is 11.6 Å². The number of benzene rings is 1. The monoisotopic (exact) mass is 241 g/mol. The van der Waals surface area contributed by atoms with Crippen LogP contribution in [-0.2, 0) is 11.3 Å². The quantitative estimate of drug-likeness (QED) is 0.722. The number of nitrogens with one attached hydrogen (secondary N) is 1. The van der Waals surface area contributed by atoms with E-state index >= 15 is 0 Å². The van der Waals surface area contributed by atoms with E-state index < -0.39 is 5.97 Å². The Morgan fingerprint density at radius 3 is 2.75 bits per heavy atom. The summed E-state index contributed by atoms with van der Waals surface area (Å²) >= 11 is 5.99. The molecule has 3 nitrogen and oxygen atoms in total. The number of carboxylic acid groups (broad SMARTS) is 1. The molecule has 16 heavy (non-hydrogen) atoms. The maximum absolute atomic E-state index is 10.3. The lowest BCUT2D eigenvalue weighted by molar-refractivity contribution is -0.137. The second kappa shape index (κ2) is 7.25. The third kappa shape index (κ3) is 5.14. The first-order chi connectivity index (χ1) is 7.70. The molecule has 0 aliphatic heterocycles. The van der Waals surface area contributed by atoms with E-state index in [4.69, 9.17) is 16.7 Å². The zero-order chi connectivity index (χ0) is 11.8. The Bertz CT molecular complexity index is 342. The van der Waals surface area contributed by atoms with Gasteiger partial charge in [0, 0.05) is 18.0 Å². The second-order valence-electron chi connectivity index (χ2n) is 3.62. The molecule has 0 aliphatic carbocycles. The zero-order valence-electron chi connectivity index (χ0n) is 9.08. The number of unbranched alkanes of at least 4 members (excludes halogenated alkanes) is 1. The minimum Gasteiger partial charge on any atom is -0.481 e. The summed E-state index contributed by atoms with van der Waals surface area (Å²) in [7, 11) is 0. The lowest BCUT2D eigenvalue weighted by atomic mass is 10.2. The zero-order valence-corrected chi connectivity index (χ0v) is 9.83. The van der Waals surface area contributed by atoms with Crippen molar-refractivity contribution in [1.29, 1.82) is 0 Å². The van der Waals surface area contributed by atoms with Crippen LogP contribution in [0.2, 0.25) is 5.02 Å². The average molecular weight is 242 g/mol. The Labute approximate surface area is 100 Å². The summed E-state index contributed by atoms with van der Waals surface area (Å²) in [5.41, 5.74) is 1.07. The van der Waals surface area contributed by atoms with Gasteiger partial charge in [0.25, 0.3) is 0 Å². The van der Waals surface area contributed by atoms with Gasteiger partial charge in [-0.25, -0.2) is 0 Å². The molecule has 4 heteroatoms. The number of halogens is 1. The van der Waals surface area contributed by atoms with Crippen molar-refractivity contribution in [2.24, 2.45) is 0 Å². The summed E-state index contributed by atoms with van der Waals surface area (Å²) in [6, 6.07) is 7.70. The van der Waals surface area contributed by atoms with Crippen LogP contribution in [0.1, 0.15) is 24.8 Å². The van der Waals surface area contributed by atoms with E-state index in [1.165, 1.54) is 0 Å². The maximum atomic E-state index is 10.3. The highest BCUT2D eigenvalue weighted by Gasteiger charge is 1.98. The van der Waals surface area contributed by atoms with E-state index in [0.29, 0.717) is 6.42 Å². The number of hydrogen-bond acceptors (Lipinski definition) is 2. The molecule has 88 valence electrons. The van der Waals surface area contributed by atoms with Gasteiger partial charge in [0.2, 0.25) is 0 Å². The van der Waals surface area contributed by atoms with Crippen LogP contribution in [0.25, 0.3) is 0 Å². The van der Waals surface area contributed by atoms with E-state index in [0.717, 1.165) is 30.1 Å². The van der Waals surface area contributed by atoms with Crippen LogP contribution in [0.4, 0.5) is 0 Å². The third-order valence-corrected chi connectivity index (χ3v) is 2.64. The van der Waals surface area contributed by atoms with Crippen LogP contribution in [0.5, 0.6) is 0 Å². The fraction of sp³-hybridized carbons (Fsp3) is 0.417. The van der Waals surface area contributed by atoms with Gasteiger partial charge < -0.3 is 10.4 Å². The van der Waals surface area contributed by atoms with Gasteiger partial charge in [0.1, 0.15) is 0 Å². The number of carboxylic acids is 1. The van der Waals surface area contributed by atoms with Crippen molar-refractivity contribution in [3.05, 3.63) is 34.9 Å². The van der Waals surface area contributed by atoms with Crippen molar-refractivity contribution in [3.63, 3.8) is 0 Å². The van der Waals surface area contributed by atoms with Crippen molar-refractivity contribution < 1.29 is 9.90 Å². The highest BCUT2D eigenvalue weighted by Crippen LogP contribution is 2.14. The predicted molar refractivity (Wildman–Crippen MR) is 64.6 cm³/mol. The third-order valence-electron chi connectivity index (χ3n) is 2.27. The number of hydrogen-bond donors (Lipinski definition) is 2. The molecule has 0 spiro atoms. The van der Waals surface area contributed by atoms with Gasteiger partial charge in [-0.2, -0.15) is 0 Å². The highest BCUT2D eigenvalue weighted by atomic mass is 35.5. The fourth-order valence-corrected chi connectivity index (χ4v) is 1.59. The van der Waals surface area contributed by atoms with Crippen molar-refractivity contribution in [2.45, 2.75) is 25.8 Å².